The molecule has 3 N–H and O–H groups in total. The first kappa shape index (κ1) is 11.9. The van der Waals surface area contributed by atoms with Crippen molar-refractivity contribution in [2.75, 3.05) is 5.32 Å². The summed E-state index contributed by atoms with van der Waals surface area (Å²) in [6, 6.07) is 18.1. The standard InChI is InChI=1S/C14H12N2O2/c15-13(11-7-3-1-4-8-11)18-14(17)16-12-9-5-2-6-10-12/h1-10,15H,(H,16,17)/p+1. The average Bonchev–Trinajstić information content (AvgIpc) is 2.40. The Morgan fingerprint density at radius 1 is 0.944 bits per heavy atom. The number of hydrogen-bond acceptors (Lipinski definition) is 2. The van der Waals surface area contributed by atoms with Gasteiger partial charge in [-0.15, -0.1) is 0 Å². The molecule has 0 heterocycles. The highest BCUT2D eigenvalue weighted by Gasteiger charge is 2.13. The molecule has 0 aliphatic carbocycles. The van der Waals surface area contributed by atoms with Gasteiger partial charge in [-0.25, -0.2) is 10.2 Å². The van der Waals surface area contributed by atoms with E-state index in [0.29, 0.717) is 11.3 Å². The number of ether oxygens (including phenoxy) is 1. The summed E-state index contributed by atoms with van der Waals surface area (Å²) in [6.45, 7) is 0. The molecule has 0 atom stereocenters. The molecule has 0 radical (unpaired) electrons. The summed E-state index contributed by atoms with van der Waals surface area (Å²) in [7, 11) is 0. The molecular weight excluding hydrogens is 228 g/mol. The summed E-state index contributed by atoms with van der Waals surface area (Å²) in [5, 5.41) is 8.26. The normalized spacial score (nSPS) is 9.56. The average molecular weight is 241 g/mol. The van der Waals surface area contributed by atoms with Crippen molar-refractivity contribution in [3.63, 3.8) is 0 Å². The molecule has 0 aliphatic heterocycles. The molecule has 0 saturated heterocycles. The van der Waals surface area contributed by atoms with Crippen LogP contribution in [0.4, 0.5) is 10.5 Å². The maximum Gasteiger partial charge on any atom is 0.421 e. The highest BCUT2D eigenvalue weighted by Crippen LogP contribution is 2.06. The minimum absolute atomic E-state index is 0.0732. The Morgan fingerprint density at radius 2 is 1.50 bits per heavy atom. The minimum Gasteiger partial charge on any atom is -0.353 e. The van der Waals surface area contributed by atoms with E-state index in [1.807, 2.05) is 36.4 Å². The molecule has 2 aromatic rings. The molecule has 0 fully saturated rings. The Morgan fingerprint density at radius 3 is 2.11 bits per heavy atom. The van der Waals surface area contributed by atoms with Crippen LogP contribution in [0.2, 0.25) is 0 Å². The SMILES string of the molecule is [NH2+]=C(OC(=O)Nc1ccccc1)c1ccccc1. The van der Waals surface area contributed by atoms with Gasteiger partial charge in [-0.05, 0) is 24.3 Å². The maximum atomic E-state index is 11.6. The number of nitrogens with two attached hydrogens (primary N) is 1. The van der Waals surface area contributed by atoms with Gasteiger partial charge in [-0.2, -0.15) is 0 Å². The highest BCUT2D eigenvalue weighted by atomic mass is 16.6. The predicted octanol–water partition coefficient (Wildman–Crippen LogP) is 1.44. The first-order valence-electron chi connectivity index (χ1n) is 5.47. The van der Waals surface area contributed by atoms with E-state index in [9.17, 15) is 4.79 Å². The topological polar surface area (TPSA) is 63.9 Å². The molecule has 4 nitrogen and oxygen atoms in total. The fourth-order valence-corrected chi connectivity index (χ4v) is 1.43. The third-order valence-electron chi connectivity index (χ3n) is 2.28. The second-order valence-corrected chi connectivity index (χ2v) is 3.61. The molecule has 0 aromatic heterocycles. The first-order valence-corrected chi connectivity index (χ1v) is 5.47. The van der Waals surface area contributed by atoms with Crippen molar-refractivity contribution < 1.29 is 14.9 Å². The van der Waals surface area contributed by atoms with Crippen molar-refractivity contribution in [2.24, 2.45) is 0 Å². The van der Waals surface area contributed by atoms with E-state index < -0.39 is 6.09 Å². The second-order valence-electron chi connectivity index (χ2n) is 3.61. The smallest absolute Gasteiger partial charge is 0.353 e. The number of para-hydroxylation sites is 1. The fraction of sp³-hybridized carbons (Fsp3) is 0. The lowest BCUT2D eigenvalue weighted by Crippen LogP contribution is -2.43. The Balaban J connectivity index is 1.94. The summed E-state index contributed by atoms with van der Waals surface area (Å²) >= 11 is 0. The van der Waals surface area contributed by atoms with Gasteiger partial charge in [0.05, 0.1) is 5.56 Å². The van der Waals surface area contributed by atoms with Crippen LogP contribution in [0.25, 0.3) is 0 Å². The summed E-state index contributed by atoms with van der Waals surface area (Å²) in [6.07, 6.45) is -0.609. The van der Waals surface area contributed by atoms with Crippen molar-refractivity contribution >= 4 is 17.7 Å². The molecule has 1 amide bonds. The maximum absolute atomic E-state index is 11.6. The van der Waals surface area contributed by atoms with Crippen LogP contribution >= 0.6 is 0 Å². The number of rotatable bonds is 2. The summed E-state index contributed by atoms with van der Waals surface area (Å²) in [4.78, 5) is 11.6. The number of benzene rings is 2. The summed E-state index contributed by atoms with van der Waals surface area (Å²) < 4.78 is 4.98. The van der Waals surface area contributed by atoms with E-state index in [1.165, 1.54) is 0 Å². The lowest BCUT2D eigenvalue weighted by atomic mass is 10.2. The number of hydrogen-bond donors (Lipinski definition) is 2. The van der Waals surface area contributed by atoms with Crippen LogP contribution in [0.1, 0.15) is 5.56 Å². The van der Waals surface area contributed by atoms with Crippen LogP contribution in [0.15, 0.2) is 60.7 Å². The molecule has 18 heavy (non-hydrogen) atoms. The summed E-state index contributed by atoms with van der Waals surface area (Å²) in [5.41, 5.74) is 1.32. The zero-order valence-corrected chi connectivity index (χ0v) is 9.67. The zero-order chi connectivity index (χ0) is 12.8. The monoisotopic (exact) mass is 241 g/mol. The van der Waals surface area contributed by atoms with E-state index in [0.717, 1.165) is 0 Å². The van der Waals surface area contributed by atoms with Gasteiger partial charge in [0.2, 0.25) is 0 Å². The first-order chi connectivity index (χ1) is 8.75. The van der Waals surface area contributed by atoms with E-state index in [1.54, 1.807) is 24.3 Å². The molecule has 0 spiro atoms. The third kappa shape index (κ3) is 3.18. The van der Waals surface area contributed by atoms with Crippen molar-refractivity contribution in [1.82, 2.24) is 0 Å². The minimum atomic E-state index is -0.609. The van der Waals surface area contributed by atoms with E-state index >= 15 is 0 Å². The number of nitrogens with one attached hydrogen (secondary N) is 1. The molecular formula is C14H13N2O2+. The highest BCUT2D eigenvalue weighted by molar-refractivity contribution is 5.99. The second kappa shape index (κ2) is 5.63. The van der Waals surface area contributed by atoms with Crippen molar-refractivity contribution in [2.45, 2.75) is 0 Å². The Hall–Kier alpha value is -2.62. The number of carbonyl (C=O) groups is 1. The number of amides is 1. The number of carbonyl (C=O) groups excluding carboxylic acids is 1. The van der Waals surface area contributed by atoms with Crippen molar-refractivity contribution in [1.29, 1.82) is 0 Å². The van der Waals surface area contributed by atoms with Gasteiger partial charge in [-0.1, -0.05) is 36.4 Å². The largest absolute Gasteiger partial charge is 0.421 e. The van der Waals surface area contributed by atoms with E-state index in [4.69, 9.17) is 10.1 Å². The Bertz CT molecular complexity index is 538. The molecule has 2 aromatic carbocycles. The van der Waals surface area contributed by atoms with Crippen LogP contribution < -0.4 is 10.7 Å². The van der Waals surface area contributed by atoms with E-state index in [-0.39, 0.29) is 5.90 Å². The summed E-state index contributed by atoms with van der Waals surface area (Å²) in [5.74, 6) is 0.0732. The third-order valence-corrected chi connectivity index (χ3v) is 2.28. The van der Waals surface area contributed by atoms with Gasteiger partial charge in [0.25, 0.3) is 0 Å². The molecule has 0 saturated carbocycles. The van der Waals surface area contributed by atoms with Gasteiger partial charge < -0.3 is 4.74 Å². The van der Waals surface area contributed by atoms with Gasteiger partial charge >= 0.3 is 12.0 Å². The van der Waals surface area contributed by atoms with Crippen molar-refractivity contribution in [3.05, 3.63) is 66.2 Å². The van der Waals surface area contributed by atoms with Crippen LogP contribution in [0.5, 0.6) is 0 Å². The van der Waals surface area contributed by atoms with Gasteiger partial charge in [0.15, 0.2) is 0 Å². The Kier molecular flexibility index (Phi) is 3.71. The number of anilines is 1. The van der Waals surface area contributed by atoms with Crippen LogP contribution in [0, 0.1) is 0 Å². The molecule has 2 rings (SSSR count). The van der Waals surface area contributed by atoms with Crippen LogP contribution in [-0.4, -0.2) is 12.0 Å². The van der Waals surface area contributed by atoms with Gasteiger partial charge in [0.1, 0.15) is 0 Å². The van der Waals surface area contributed by atoms with Crippen LogP contribution in [-0.2, 0) is 4.74 Å². The van der Waals surface area contributed by atoms with Crippen LogP contribution in [0.3, 0.4) is 0 Å². The van der Waals surface area contributed by atoms with Gasteiger partial charge in [-0.3, -0.25) is 5.32 Å². The quantitative estimate of drug-likeness (QED) is 0.617. The molecule has 0 bridgehead atoms. The van der Waals surface area contributed by atoms with E-state index in [2.05, 4.69) is 5.32 Å². The molecule has 0 unspecified atom stereocenters. The Labute approximate surface area is 105 Å². The zero-order valence-electron chi connectivity index (χ0n) is 9.67. The molecule has 0 aliphatic rings. The molecule has 4 heteroatoms. The lowest BCUT2D eigenvalue weighted by molar-refractivity contribution is -0.132. The fourth-order valence-electron chi connectivity index (χ4n) is 1.43. The lowest BCUT2D eigenvalue weighted by Gasteiger charge is -2.04. The van der Waals surface area contributed by atoms with Crippen molar-refractivity contribution in [3.8, 4) is 0 Å². The van der Waals surface area contributed by atoms with Gasteiger partial charge in [0, 0.05) is 5.69 Å². The predicted molar refractivity (Wildman–Crippen MR) is 69.0 cm³/mol. The molecule has 90 valence electrons.